The van der Waals surface area contributed by atoms with Gasteiger partial charge in [0.1, 0.15) is 0 Å². The maximum Gasteiger partial charge on any atom is 0.305 e. The Labute approximate surface area is 103 Å². The van der Waals surface area contributed by atoms with Gasteiger partial charge in [-0.3, -0.25) is 9.78 Å². The molecule has 0 amide bonds. The zero-order valence-corrected chi connectivity index (χ0v) is 10.8. The van der Waals surface area contributed by atoms with Crippen LogP contribution in [0.3, 0.4) is 0 Å². The first-order valence-corrected chi connectivity index (χ1v) is 5.69. The molecule has 88 valence electrons. The van der Waals surface area contributed by atoms with Crippen molar-refractivity contribution in [3.63, 3.8) is 0 Å². The number of methoxy groups -OCH3 is 1. The van der Waals surface area contributed by atoms with Crippen LogP contribution in [-0.4, -0.2) is 23.2 Å². The molecule has 0 spiro atoms. The van der Waals surface area contributed by atoms with Crippen LogP contribution in [0.1, 0.15) is 25.0 Å². The highest BCUT2D eigenvalue weighted by Crippen LogP contribution is 2.25. The van der Waals surface area contributed by atoms with E-state index in [0.717, 1.165) is 4.47 Å². The lowest BCUT2D eigenvalue weighted by atomic mass is 9.96. The molecule has 1 rings (SSSR count). The van der Waals surface area contributed by atoms with Crippen molar-refractivity contribution in [2.75, 3.05) is 7.11 Å². The van der Waals surface area contributed by atoms with E-state index in [1.54, 1.807) is 25.4 Å². The maximum atomic E-state index is 11.1. The Morgan fingerprint density at radius 1 is 1.62 bits per heavy atom. The van der Waals surface area contributed by atoms with Crippen LogP contribution in [0.4, 0.5) is 0 Å². The Morgan fingerprint density at radius 3 is 2.88 bits per heavy atom. The molecule has 2 unspecified atom stereocenters. The van der Waals surface area contributed by atoms with Gasteiger partial charge in [0.25, 0.3) is 0 Å². The summed E-state index contributed by atoms with van der Waals surface area (Å²) in [7, 11) is 1.34. The Balaban J connectivity index is 2.70. The van der Waals surface area contributed by atoms with Gasteiger partial charge in [0.15, 0.2) is 0 Å². The summed E-state index contributed by atoms with van der Waals surface area (Å²) in [6.45, 7) is 1.79. The quantitative estimate of drug-likeness (QED) is 0.862. The van der Waals surface area contributed by atoms with Crippen molar-refractivity contribution in [3.8, 4) is 0 Å². The number of ether oxygens (including phenoxy) is 1. The van der Waals surface area contributed by atoms with Crippen LogP contribution < -0.4 is 0 Å². The van der Waals surface area contributed by atoms with Gasteiger partial charge in [-0.25, -0.2) is 0 Å². The first-order chi connectivity index (χ1) is 7.54. The van der Waals surface area contributed by atoms with Crippen LogP contribution in [0, 0.1) is 5.92 Å². The zero-order valence-electron chi connectivity index (χ0n) is 9.18. The molecule has 0 bridgehead atoms. The predicted molar refractivity (Wildman–Crippen MR) is 62.7 cm³/mol. The van der Waals surface area contributed by atoms with Crippen molar-refractivity contribution in [1.29, 1.82) is 0 Å². The average molecular weight is 288 g/mol. The first kappa shape index (κ1) is 13.1. The summed E-state index contributed by atoms with van der Waals surface area (Å²) in [6, 6.07) is 1.78. The Kier molecular flexibility index (Phi) is 4.89. The van der Waals surface area contributed by atoms with E-state index in [-0.39, 0.29) is 18.3 Å². The summed E-state index contributed by atoms with van der Waals surface area (Å²) in [5.41, 5.74) is 0.686. The van der Waals surface area contributed by atoms with Crippen molar-refractivity contribution >= 4 is 21.9 Å². The van der Waals surface area contributed by atoms with Crippen molar-refractivity contribution < 1.29 is 14.6 Å². The molecule has 16 heavy (non-hydrogen) atoms. The normalized spacial score (nSPS) is 14.2. The SMILES string of the molecule is COC(=O)CC(C)C(O)c1cncc(Br)c1. The molecule has 4 nitrogen and oxygen atoms in total. The third-order valence-electron chi connectivity index (χ3n) is 2.32. The summed E-state index contributed by atoms with van der Waals surface area (Å²) < 4.78 is 5.36. The van der Waals surface area contributed by atoms with Gasteiger partial charge >= 0.3 is 5.97 Å². The van der Waals surface area contributed by atoms with Crippen LogP contribution in [-0.2, 0) is 9.53 Å². The molecule has 1 aromatic heterocycles. The van der Waals surface area contributed by atoms with E-state index >= 15 is 0 Å². The lowest BCUT2D eigenvalue weighted by Crippen LogP contribution is -2.15. The van der Waals surface area contributed by atoms with Gasteiger partial charge < -0.3 is 9.84 Å². The Hall–Kier alpha value is -0.940. The lowest BCUT2D eigenvalue weighted by Gasteiger charge is -2.17. The van der Waals surface area contributed by atoms with Crippen LogP contribution in [0.5, 0.6) is 0 Å². The maximum absolute atomic E-state index is 11.1. The minimum Gasteiger partial charge on any atom is -0.469 e. The van der Waals surface area contributed by atoms with Crippen molar-refractivity contribution in [3.05, 3.63) is 28.5 Å². The molecule has 0 saturated heterocycles. The highest BCUT2D eigenvalue weighted by molar-refractivity contribution is 9.10. The van der Waals surface area contributed by atoms with E-state index in [0.29, 0.717) is 5.56 Å². The van der Waals surface area contributed by atoms with Crippen molar-refractivity contribution in [1.82, 2.24) is 4.98 Å². The van der Waals surface area contributed by atoms with Crippen molar-refractivity contribution in [2.45, 2.75) is 19.4 Å². The number of aliphatic hydroxyl groups is 1. The van der Waals surface area contributed by atoms with Gasteiger partial charge in [-0.05, 0) is 27.9 Å². The Morgan fingerprint density at radius 2 is 2.31 bits per heavy atom. The average Bonchev–Trinajstić information content (AvgIpc) is 2.27. The molecule has 0 fully saturated rings. The minimum absolute atomic E-state index is 0.185. The van der Waals surface area contributed by atoms with E-state index in [1.807, 2.05) is 0 Å². The number of hydrogen-bond acceptors (Lipinski definition) is 4. The third kappa shape index (κ3) is 3.57. The smallest absolute Gasteiger partial charge is 0.305 e. The molecule has 0 aliphatic heterocycles. The summed E-state index contributed by atoms with van der Waals surface area (Å²) in [5, 5.41) is 9.99. The second-order valence-electron chi connectivity index (χ2n) is 3.64. The first-order valence-electron chi connectivity index (χ1n) is 4.90. The summed E-state index contributed by atoms with van der Waals surface area (Å²) >= 11 is 3.28. The second kappa shape index (κ2) is 5.96. The van der Waals surface area contributed by atoms with Crippen LogP contribution in [0.15, 0.2) is 22.9 Å². The zero-order chi connectivity index (χ0) is 12.1. The largest absolute Gasteiger partial charge is 0.469 e. The Bertz CT molecular complexity index is 370. The molecule has 5 heteroatoms. The van der Waals surface area contributed by atoms with E-state index in [1.165, 1.54) is 7.11 Å². The number of nitrogens with zero attached hydrogens (tertiary/aromatic N) is 1. The molecule has 0 aliphatic carbocycles. The van der Waals surface area contributed by atoms with Gasteiger partial charge in [-0.1, -0.05) is 6.92 Å². The van der Waals surface area contributed by atoms with Gasteiger partial charge in [-0.2, -0.15) is 0 Å². The number of carbonyl (C=O) groups is 1. The van der Waals surface area contributed by atoms with Crippen molar-refractivity contribution in [2.24, 2.45) is 5.92 Å². The molecule has 1 aromatic rings. The van der Waals surface area contributed by atoms with E-state index in [9.17, 15) is 9.90 Å². The highest BCUT2D eigenvalue weighted by Gasteiger charge is 2.20. The topological polar surface area (TPSA) is 59.4 Å². The fraction of sp³-hybridized carbons (Fsp3) is 0.455. The number of aliphatic hydroxyl groups excluding tert-OH is 1. The van der Waals surface area contributed by atoms with Gasteiger partial charge in [0, 0.05) is 22.4 Å². The molecule has 0 aliphatic rings. The highest BCUT2D eigenvalue weighted by atomic mass is 79.9. The minimum atomic E-state index is -0.718. The molecule has 2 atom stereocenters. The molecule has 0 radical (unpaired) electrons. The van der Waals surface area contributed by atoms with Crippen LogP contribution in [0.25, 0.3) is 0 Å². The van der Waals surface area contributed by atoms with Gasteiger partial charge in [0.2, 0.25) is 0 Å². The molecule has 0 saturated carbocycles. The molecule has 0 aromatic carbocycles. The monoisotopic (exact) mass is 287 g/mol. The summed E-state index contributed by atoms with van der Waals surface area (Å²) in [6.07, 6.45) is 2.69. The van der Waals surface area contributed by atoms with E-state index < -0.39 is 6.10 Å². The van der Waals surface area contributed by atoms with Gasteiger partial charge in [-0.15, -0.1) is 0 Å². The summed E-state index contributed by atoms with van der Waals surface area (Å²) in [4.78, 5) is 15.0. The van der Waals surface area contributed by atoms with E-state index in [4.69, 9.17) is 0 Å². The number of esters is 1. The van der Waals surface area contributed by atoms with Crippen LogP contribution in [0.2, 0.25) is 0 Å². The molecule has 1 heterocycles. The number of aromatic nitrogens is 1. The standard InChI is InChI=1S/C11H14BrNO3/c1-7(3-10(14)16-2)11(15)8-4-9(12)6-13-5-8/h4-7,11,15H,3H2,1-2H3. The number of halogens is 1. The molecular formula is C11H14BrNO3. The number of pyridine rings is 1. The third-order valence-corrected chi connectivity index (χ3v) is 2.76. The van der Waals surface area contributed by atoms with Crippen LogP contribution >= 0.6 is 15.9 Å². The number of rotatable bonds is 4. The molecular weight excluding hydrogens is 274 g/mol. The lowest BCUT2D eigenvalue weighted by molar-refractivity contribution is -0.142. The summed E-state index contributed by atoms with van der Waals surface area (Å²) in [5.74, 6) is -0.530. The predicted octanol–water partition coefficient (Wildman–Crippen LogP) is 2.08. The fourth-order valence-electron chi connectivity index (χ4n) is 1.38. The van der Waals surface area contributed by atoms with E-state index in [2.05, 4.69) is 25.7 Å². The van der Waals surface area contributed by atoms with Gasteiger partial charge in [0.05, 0.1) is 19.6 Å². The number of carbonyl (C=O) groups excluding carboxylic acids is 1. The fourth-order valence-corrected chi connectivity index (χ4v) is 1.76. The number of hydrogen-bond donors (Lipinski definition) is 1. The molecule has 1 N–H and O–H groups in total. The second-order valence-corrected chi connectivity index (χ2v) is 4.55.